The van der Waals surface area contributed by atoms with Gasteiger partial charge in [-0.3, -0.25) is 9.69 Å². The number of aromatic amines is 1. The summed E-state index contributed by atoms with van der Waals surface area (Å²) in [4.78, 5) is 18.7. The van der Waals surface area contributed by atoms with Crippen LogP contribution in [0.25, 0.3) is 10.9 Å². The highest BCUT2D eigenvalue weighted by Gasteiger charge is 2.31. The van der Waals surface area contributed by atoms with Gasteiger partial charge in [-0.15, -0.1) is 5.10 Å². The van der Waals surface area contributed by atoms with Crippen LogP contribution < -0.4 is 10.3 Å². The fourth-order valence-electron chi connectivity index (χ4n) is 4.67. The number of hydrogen-bond donors (Lipinski definition) is 1. The molecule has 0 bridgehead atoms. The minimum atomic E-state index is -0.409. The minimum absolute atomic E-state index is 0.164. The molecule has 1 saturated heterocycles. The second-order valence-corrected chi connectivity index (χ2v) is 8.68. The number of nitrogens with zero attached hydrogens (tertiary/aromatic N) is 5. The summed E-state index contributed by atoms with van der Waals surface area (Å²) in [5, 5.41) is 13.4. The van der Waals surface area contributed by atoms with E-state index >= 15 is 0 Å². The lowest BCUT2D eigenvalue weighted by atomic mass is 10.0. The molecule has 2 aromatic heterocycles. The number of methoxy groups -OCH3 is 1. The van der Waals surface area contributed by atoms with Crippen molar-refractivity contribution in [2.75, 3.05) is 20.2 Å². The van der Waals surface area contributed by atoms with Gasteiger partial charge in [-0.2, -0.15) is 0 Å². The summed E-state index contributed by atoms with van der Waals surface area (Å²) in [5.74, 6) is 1.03. The Labute approximate surface area is 196 Å². The first-order chi connectivity index (χ1) is 16.6. The number of fused-ring (bicyclic) bond motifs is 1. The van der Waals surface area contributed by atoms with Crippen molar-refractivity contribution >= 4 is 10.9 Å². The molecule has 8 nitrogen and oxygen atoms in total. The summed E-state index contributed by atoms with van der Waals surface area (Å²) >= 11 is 0. The van der Waals surface area contributed by atoms with Gasteiger partial charge in [-0.25, -0.2) is 9.07 Å². The molecule has 0 aliphatic carbocycles. The van der Waals surface area contributed by atoms with E-state index in [1.807, 2.05) is 24.3 Å². The lowest BCUT2D eigenvalue weighted by Gasteiger charge is -2.29. The zero-order valence-electron chi connectivity index (χ0n) is 19.1. The maximum atomic E-state index is 13.4. The van der Waals surface area contributed by atoms with E-state index in [0.29, 0.717) is 17.9 Å². The van der Waals surface area contributed by atoms with Crippen LogP contribution >= 0.6 is 0 Å². The second kappa shape index (κ2) is 9.72. The van der Waals surface area contributed by atoms with Crippen LogP contribution in [0.1, 0.15) is 48.7 Å². The van der Waals surface area contributed by atoms with E-state index in [-0.39, 0.29) is 11.4 Å². The fourth-order valence-corrected chi connectivity index (χ4v) is 4.67. The molecule has 1 aliphatic rings. The van der Waals surface area contributed by atoms with E-state index in [1.54, 1.807) is 23.9 Å². The molecule has 1 fully saturated rings. The van der Waals surface area contributed by atoms with Crippen molar-refractivity contribution < 1.29 is 9.13 Å². The van der Waals surface area contributed by atoms with E-state index < -0.39 is 6.04 Å². The first kappa shape index (κ1) is 22.2. The number of halogens is 1. The van der Waals surface area contributed by atoms with Gasteiger partial charge in [0.25, 0.3) is 5.56 Å². The van der Waals surface area contributed by atoms with Gasteiger partial charge in [0.2, 0.25) is 0 Å². The molecule has 1 aliphatic heterocycles. The highest BCUT2D eigenvalue weighted by molar-refractivity contribution is 5.80. The highest BCUT2D eigenvalue weighted by Crippen LogP contribution is 2.30. The number of benzene rings is 2. The molecule has 3 heterocycles. The third kappa shape index (κ3) is 4.56. The third-order valence-corrected chi connectivity index (χ3v) is 6.43. The number of hydrogen-bond acceptors (Lipinski definition) is 6. The van der Waals surface area contributed by atoms with Crippen molar-refractivity contribution in [1.82, 2.24) is 30.1 Å². The standard InChI is InChI=1S/C25H27FN6O2/c1-34-20-10-11-22-18(14-20)15-21(25(33)27-22)23(31-12-4-2-3-5-13-31)24-28-29-30-32(24)16-17-6-8-19(26)9-7-17/h6-11,14-15,23H,2-5,12-13,16H2,1H3,(H,27,33). The van der Waals surface area contributed by atoms with Gasteiger partial charge in [-0.1, -0.05) is 25.0 Å². The van der Waals surface area contributed by atoms with Crippen molar-refractivity contribution in [2.24, 2.45) is 0 Å². The Bertz CT molecular complexity index is 1330. The van der Waals surface area contributed by atoms with E-state index in [2.05, 4.69) is 25.4 Å². The highest BCUT2D eigenvalue weighted by atomic mass is 19.1. The number of H-pyrrole nitrogens is 1. The zero-order chi connectivity index (χ0) is 23.5. The predicted molar refractivity (Wildman–Crippen MR) is 126 cm³/mol. The number of ether oxygens (including phenoxy) is 1. The average molecular weight is 463 g/mol. The fraction of sp³-hybridized carbons (Fsp3) is 0.360. The summed E-state index contributed by atoms with van der Waals surface area (Å²) in [6, 6.07) is 13.4. The second-order valence-electron chi connectivity index (χ2n) is 8.68. The Hall–Kier alpha value is -3.59. The normalized spacial score (nSPS) is 15.8. The Morgan fingerprint density at radius 1 is 1.06 bits per heavy atom. The van der Waals surface area contributed by atoms with Crippen LogP contribution in [0.2, 0.25) is 0 Å². The lowest BCUT2D eigenvalue weighted by molar-refractivity contribution is 0.220. The van der Waals surface area contributed by atoms with Gasteiger partial charge in [0.15, 0.2) is 5.82 Å². The molecule has 5 rings (SSSR count). The quantitative estimate of drug-likeness (QED) is 0.470. The van der Waals surface area contributed by atoms with Crippen molar-refractivity contribution in [3.63, 3.8) is 0 Å². The van der Waals surface area contributed by atoms with Crippen LogP contribution in [0, 0.1) is 5.82 Å². The number of rotatable bonds is 6. The molecule has 9 heteroatoms. The molecule has 2 aromatic carbocycles. The molecule has 1 unspecified atom stereocenters. The first-order valence-corrected chi connectivity index (χ1v) is 11.6. The molecule has 1 N–H and O–H groups in total. The molecule has 0 amide bonds. The number of likely N-dealkylation sites (tertiary alicyclic amines) is 1. The van der Waals surface area contributed by atoms with E-state index in [9.17, 15) is 9.18 Å². The van der Waals surface area contributed by atoms with Crippen molar-refractivity contribution in [3.8, 4) is 5.75 Å². The molecule has 176 valence electrons. The van der Waals surface area contributed by atoms with Gasteiger partial charge >= 0.3 is 0 Å². The maximum Gasteiger partial charge on any atom is 0.253 e. The Kier molecular flexibility index (Phi) is 6.35. The van der Waals surface area contributed by atoms with Gasteiger partial charge in [0.05, 0.1) is 13.7 Å². The van der Waals surface area contributed by atoms with Gasteiger partial charge < -0.3 is 9.72 Å². The van der Waals surface area contributed by atoms with Crippen LogP contribution in [0.15, 0.2) is 53.3 Å². The summed E-state index contributed by atoms with van der Waals surface area (Å²) in [6.45, 7) is 2.08. The monoisotopic (exact) mass is 462 g/mol. The number of tetrazole rings is 1. The molecule has 0 spiro atoms. The summed E-state index contributed by atoms with van der Waals surface area (Å²) in [6.07, 6.45) is 4.43. The van der Waals surface area contributed by atoms with E-state index in [0.717, 1.165) is 61.0 Å². The minimum Gasteiger partial charge on any atom is -0.497 e. The van der Waals surface area contributed by atoms with Gasteiger partial charge in [-0.05, 0) is 78.3 Å². The molecular weight excluding hydrogens is 435 g/mol. The number of pyridine rings is 1. The van der Waals surface area contributed by atoms with Gasteiger partial charge in [0.1, 0.15) is 17.6 Å². The van der Waals surface area contributed by atoms with Crippen LogP contribution in [-0.2, 0) is 6.54 Å². The van der Waals surface area contributed by atoms with Crippen molar-refractivity contribution in [2.45, 2.75) is 38.3 Å². The summed E-state index contributed by atoms with van der Waals surface area (Å²) < 4.78 is 20.5. The maximum absolute atomic E-state index is 13.4. The molecular formula is C25H27FN6O2. The van der Waals surface area contributed by atoms with Crippen LogP contribution in [0.5, 0.6) is 5.75 Å². The van der Waals surface area contributed by atoms with Gasteiger partial charge in [0, 0.05) is 16.5 Å². The zero-order valence-corrected chi connectivity index (χ0v) is 19.1. The predicted octanol–water partition coefficient (Wildman–Crippen LogP) is 3.68. The van der Waals surface area contributed by atoms with Crippen molar-refractivity contribution in [3.05, 3.63) is 81.7 Å². The van der Waals surface area contributed by atoms with Crippen LogP contribution in [-0.4, -0.2) is 50.3 Å². The third-order valence-electron chi connectivity index (χ3n) is 6.43. The molecule has 4 aromatic rings. The Morgan fingerprint density at radius 2 is 1.82 bits per heavy atom. The first-order valence-electron chi connectivity index (χ1n) is 11.6. The van der Waals surface area contributed by atoms with Crippen LogP contribution in [0.4, 0.5) is 4.39 Å². The lowest BCUT2D eigenvalue weighted by Crippen LogP contribution is -2.36. The molecule has 0 saturated carbocycles. The Morgan fingerprint density at radius 3 is 2.56 bits per heavy atom. The average Bonchev–Trinajstić information content (AvgIpc) is 3.12. The number of nitrogens with one attached hydrogen (secondary N) is 1. The molecule has 1 atom stereocenters. The topological polar surface area (TPSA) is 88.9 Å². The number of aromatic nitrogens is 5. The SMILES string of the molecule is COc1ccc2[nH]c(=O)c(C(c3nnnn3Cc3ccc(F)cc3)N3CCCCCC3)cc2c1. The molecule has 0 radical (unpaired) electrons. The molecule has 34 heavy (non-hydrogen) atoms. The largest absolute Gasteiger partial charge is 0.497 e. The summed E-state index contributed by atoms with van der Waals surface area (Å²) in [7, 11) is 1.62. The van der Waals surface area contributed by atoms with Crippen LogP contribution in [0.3, 0.4) is 0 Å². The Balaban J connectivity index is 1.61. The van der Waals surface area contributed by atoms with E-state index in [1.165, 1.54) is 12.1 Å². The summed E-state index contributed by atoms with van der Waals surface area (Å²) in [5.41, 5.74) is 2.05. The van der Waals surface area contributed by atoms with Crippen molar-refractivity contribution in [1.29, 1.82) is 0 Å². The van der Waals surface area contributed by atoms with E-state index in [4.69, 9.17) is 4.74 Å². The smallest absolute Gasteiger partial charge is 0.253 e.